The van der Waals surface area contributed by atoms with Crippen LogP contribution >= 0.6 is 0 Å². The van der Waals surface area contributed by atoms with Crippen LogP contribution in [0.1, 0.15) is 37.3 Å². The number of carbonyl (C=O) groups excluding carboxylic acids is 2. The maximum atomic E-state index is 13.5. The van der Waals surface area contributed by atoms with Crippen LogP contribution in [0.15, 0.2) is 66.7 Å². The zero-order valence-corrected chi connectivity index (χ0v) is 26.0. The number of alkyl halides is 6. The Labute approximate surface area is 267 Å². The van der Waals surface area contributed by atoms with E-state index in [9.17, 15) is 40.3 Å². The molecule has 256 valence electrons. The molecule has 3 aromatic rings. The second-order valence-electron chi connectivity index (χ2n) is 10.7. The average molecular weight is 673 g/mol. The standard InChI is InChI=1S/C23H26F4N2O3.C10H9F3O2/c1-16(30)18(19-5-3-4-6-21(19)32-23(25,26)27)9-10-28-11-13-29(14-12-28)20-8-7-17(24)15-22(20)31-2;1-7(14)6-8-4-2-3-5-9(8)15-10(11,12)13/h3-8,15,18H,9-14H2,1-2H3;2-5H,6H2,1H3. The number of ketones is 2. The summed E-state index contributed by atoms with van der Waals surface area (Å²) in [7, 11) is 1.50. The van der Waals surface area contributed by atoms with Gasteiger partial charge in [-0.3, -0.25) is 14.5 Å². The van der Waals surface area contributed by atoms with Gasteiger partial charge >= 0.3 is 12.7 Å². The molecule has 1 unspecified atom stereocenters. The smallest absolute Gasteiger partial charge is 0.494 e. The van der Waals surface area contributed by atoms with Gasteiger partial charge in [0.25, 0.3) is 0 Å². The zero-order valence-electron chi connectivity index (χ0n) is 26.0. The van der Waals surface area contributed by atoms with Crippen molar-refractivity contribution >= 4 is 17.3 Å². The molecule has 14 heteroatoms. The fourth-order valence-corrected chi connectivity index (χ4v) is 5.14. The molecule has 0 radical (unpaired) electrons. The lowest BCUT2D eigenvalue weighted by atomic mass is 9.91. The molecule has 0 spiro atoms. The predicted octanol–water partition coefficient (Wildman–Crippen LogP) is 7.33. The van der Waals surface area contributed by atoms with Crippen molar-refractivity contribution in [3.8, 4) is 17.2 Å². The Morgan fingerprint density at radius 1 is 0.787 bits per heavy atom. The van der Waals surface area contributed by atoms with Gasteiger partial charge in [-0.25, -0.2) is 4.39 Å². The van der Waals surface area contributed by atoms with Crippen molar-refractivity contribution < 1.29 is 54.5 Å². The molecule has 3 aromatic carbocycles. The molecule has 0 amide bonds. The number of nitrogens with zero attached hydrogens (tertiary/aromatic N) is 2. The summed E-state index contributed by atoms with van der Waals surface area (Å²) in [5.74, 6) is -1.67. The lowest BCUT2D eigenvalue weighted by Crippen LogP contribution is -2.47. The van der Waals surface area contributed by atoms with Crippen molar-refractivity contribution in [2.75, 3.05) is 44.7 Å². The van der Waals surface area contributed by atoms with Crippen molar-refractivity contribution in [2.24, 2.45) is 0 Å². The lowest BCUT2D eigenvalue weighted by Gasteiger charge is -2.37. The maximum absolute atomic E-state index is 13.5. The second kappa shape index (κ2) is 16.5. The van der Waals surface area contributed by atoms with Crippen LogP contribution in [-0.2, 0) is 16.0 Å². The van der Waals surface area contributed by atoms with E-state index in [0.29, 0.717) is 44.9 Å². The van der Waals surface area contributed by atoms with E-state index in [0.717, 1.165) is 5.69 Å². The first kappa shape index (κ1) is 37.1. The topological polar surface area (TPSA) is 68.3 Å². The molecule has 0 aromatic heterocycles. The fraction of sp³-hybridized carbons (Fsp3) is 0.394. The van der Waals surface area contributed by atoms with Gasteiger partial charge in [-0.15, -0.1) is 26.3 Å². The first-order chi connectivity index (χ1) is 22.1. The number of carbonyl (C=O) groups is 2. The van der Waals surface area contributed by atoms with Gasteiger partial charge in [0.1, 0.15) is 34.6 Å². The SMILES string of the molecule is CC(=O)Cc1ccccc1OC(F)(F)F.COc1cc(F)ccc1N1CCN(CCC(C(C)=O)c2ccccc2OC(F)(F)F)CC1. The Balaban J connectivity index is 0.000000335. The zero-order chi connectivity index (χ0) is 34.8. The maximum Gasteiger partial charge on any atom is 0.573 e. The fourth-order valence-electron chi connectivity index (χ4n) is 5.14. The summed E-state index contributed by atoms with van der Waals surface area (Å²) in [4.78, 5) is 27.3. The second-order valence-corrected chi connectivity index (χ2v) is 10.7. The first-order valence-electron chi connectivity index (χ1n) is 14.6. The van der Waals surface area contributed by atoms with Gasteiger partial charge in [-0.2, -0.15) is 0 Å². The molecule has 1 heterocycles. The van der Waals surface area contributed by atoms with Crippen LogP contribution in [0.3, 0.4) is 0 Å². The van der Waals surface area contributed by atoms with E-state index in [2.05, 4.69) is 19.3 Å². The van der Waals surface area contributed by atoms with Crippen molar-refractivity contribution in [1.82, 2.24) is 4.90 Å². The van der Waals surface area contributed by atoms with E-state index in [4.69, 9.17) is 4.74 Å². The number of halogens is 7. The molecule has 1 saturated heterocycles. The lowest BCUT2D eigenvalue weighted by molar-refractivity contribution is -0.276. The van der Waals surface area contributed by atoms with Crippen molar-refractivity contribution in [3.63, 3.8) is 0 Å². The van der Waals surface area contributed by atoms with Crippen molar-refractivity contribution in [2.45, 2.75) is 45.3 Å². The number of hydrogen-bond acceptors (Lipinski definition) is 7. The molecule has 0 N–H and O–H groups in total. The van der Waals surface area contributed by atoms with E-state index in [1.165, 1.54) is 69.5 Å². The van der Waals surface area contributed by atoms with Crippen LogP contribution in [-0.4, -0.2) is 69.0 Å². The Kier molecular flexibility index (Phi) is 13.0. The van der Waals surface area contributed by atoms with Gasteiger partial charge in [-0.1, -0.05) is 36.4 Å². The summed E-state index contributed by atoms with van der Waals surface area (Å²) in [6.07, 6.45) is -9.23. The highest BCUT2D eigenvalue weighted by Crippen LogP contribution is 2.34. The van der Waals surface area contributed by atoms with Crippen LogP contribution in [0.2, 0.25) is 0 Å². The van der Waals surface area contributed by atoms with Gasteiger partial charge in [0, 0.05) is 55.7 Å². The van der Waals surface area contributed by atoms with E-state index in [-0.39, 0.29) is 46.4 Å². The summed E-state index contributed by atoms with van der Waals surface area (Å²) >= 11 is 0. The summed E-state index contributed by atoms with van der Waals surface area (Å²) in [5.41, 5.74) is 1.29. The Morgan fingerprint density at radius 2 is 1.36 bits per heavy atom. The van der Waals surface area contributed by atoms with Gasteiger partial charge in [-0.05, 0) is 51.1 Å². The summed E-state index contributed by atoms with van der Waals surface area (Å²) in [6.45, 7) is 6.01. The van der Waals surface area contributed by atoms with Gasteiger partial charge in [0.05, 0.1) is 12.8 Å². The monoisotopic (exact) mass is 672 g/mol. The van der Waals surface area contributed by atoms with Crippen molar-refractivity contribution in [1.29, 1.82) is 0 Å². The molecular weight excluding hydrogens is 637 g/mol. The Hall–Kier alpha value is -4.33. The number of piperazine rings is 1. The van der Waals surface area contributed by atoms with E-state index in [1.807, 2.05) is 0 Å². The quantitative estimate of drug-likeness (QED) is 0.198. The molecule has 7 nitrogen and oxygen atoms in total. The van der Waals surface area contributed by atoms with E-state index >= 15 is 0 Å². The highest BCUT2D eigenvalue weighted by Gasteiger charge is 2.34. The number of rotatable bonds is 11. The normalized spacial score (nSPS) is 14.5. The largest absolute Gasteiger partial charge is 0.573 e. The summed E-state index contributed by atoms with van der Waals surface area (Å²) in [5, 5.41) is 0. The number of Topliss-reactive ketones (excluding diaryl/α,β-unsaturated/α-hetero) is 2. The minimum atomic E-state index is -4.82. The molecule has 0 aliphatic carbocycles. The highest BCUT2D eigenvalue weighted by atomic mass is 19.4. The van der Waals surface area contributed by atoms with Crippen molar-refractivity contribution in [3.05, 3.63) is 83.7 Å². The summed E-state index contributed by atoms with van der Waals surface area (Å²) in [6, 6.07) is 15.8. The first-order valence-corrected chi connectivity index (χ1v) is 14.6. The van der Waals surface area contributed by atoms with E-state index < -0.39 is 18.6 Å². The molecule has 4 rings (SSSR count). The number of para-hydroxylation sites is 2. The molecule has 0 bridgehead atoms. The summed E-state index contributed by atoms with van der Waals surface area (Å²) < 4.78 is 101. The molecule has 0 saturated carbocycles. The van der Waals surface area contributed by atoms with Gasteiger partial charge in [0.15, 0.2) is 0 Å². The predicted molar refractivity (Wildman–Crippen MR) is 160 cm³/mol. The Morgan fingerprint density at radius 3 is 1.94 bits per heavy atom. The number of anilines is 1. The van der Waals surface area contributed by atoms with Crippen LogP contribution in [0.25, 0.3) is 0 Å². The highest BCUT2D eigenvalue weighted by molar-refractivity contribution is 5.84. The number of hydrogen-bond donors (Lipinski definition) is 0. The molecule has 1 fully saturated rings. The minimum Gasteiger partial charge on any atom is -0.494 e. The van der Waals surface area contributed by atoms with Crippen LogP contribution < -0.4 is 19.1 Å². The van der Waals surface area contributed by atoms with E-state index in [1.54, 1.807) is 18.2 Å². The molecule has 1 aliphatic heterocycles. The minimum absolute atomic E-state index is 0.0632. The average Bonchev–Trinajstić information content (AvgIpc) is 2.98. The molecule has 47 heavy (non-hydrogen) atoms. The molecule has 1 aliphatic rings. The van der Waals surface area contributed by atoms with Gasteiger partial charge in [0.2, 0.25) is 0 Å². The van der Waals surface area contributed by atoms with Gasteiger partial charge < -0.3 is 19.1 Å². The third-order valence-corrected chi connectivity index (χ3v) is 7.24. The van der Waals surface area contributed by atoms with Crippen LogP contribution in [0.5, 0.6) is 17.2 Å². The third-order valence-electron chi connectivity index (χ3n) is 7.24. The number of methoxy groups -OCH3 is 1. The van der Waals surface area contributed by atoms with Crippen LogP contribution in [0.4, 0.5) is 36.4 Å². The number of benzene rings is 3. The van der Waals surface area contributed by atoms with Crippen LogP contribution in [0, 0.1) is 5.82 Å². The molecule has 1 atom stereocenters. The molecular formula is C33H35F7N2O5. The number of ether oxygens (including phenoxy) is 3. The Bertz CT molecular complexity index is 1490. The third kappa shape index (κ3) is 12.1.